The summed E-state index contributed by atoms with van der Waals surface area (Å²) in [6, 6.07) is 15.8. The first-order valence-corrected chi connectivity index (χ1v) is 16.5. The van der Waals surface area contributed by atoms with Crippen molar-refractivity contribution in [3.63, 3.8) is 0 Å². The zero-order chi connectivity index (χ0) is 31.9. The van der Waals surface area contributed by atoms with Gasteiger partial charge in [-0.15, -0.1) is 0 Å². The van der Waals surface area contributed by atoms with Crippen molar-refractivity contribution in [3.8, 4) is 17.1 Å². The lowest BCUT2D eigenvalue weighted by molar-refractivity contribution is -0.133. The summed E-state index contributed by atoms with van der Waals surface area (Å²) in [5.41, 5.74) is 2.93. The fourth-order valence-electron chi connectivity index (χ4n) is 6.52. The number of imidazole rings is 2. The summed E-state index contributed by atoms with van der Waals surface area (Å²) in [7, 11) is 0. The van der Waals surface area contributed by atoms with E-state index in [2.05, 4.69) is 24.4 Å². The highest BCUT2D eigenvalue weighted by Crippen LogP contribution is 2.24. The highest BCUT2D eigenvalue weighted by atomic mass is 16.5. The Labute approximate surface area is 269 Å². The van der Waals surface area contributed by atoms with Gasteiger partial charge in [0.05, 0.1) is 17.6 Å². The highest BCUT2D eigenvalue weighted by Gasteiger charge is 2.26. The standard InChI is InChI=1S/C35H43N7O4/c1-26-37-30-10-2-3-11-31(30)42(26)20-14-33(44)39-16-4-5-17-40(34(45)25-28-12-13-32(43)38-28)22-23-46-29-9-6-8-27(24-29)35-36-15-21-41(35)19-7-18-39/h2-3,6,8-11,15,21,24,28H,4-5,7,12-14,16-20,22-23,25H2,1H3,(H,38,43)/t28-/m0/s1. The molecule has 1 fully saturated rings. The molecule has 1 saturated heterocycles. The minimum Gasteiger partial charge on any atom is -0.492 e. The van der Waals surface area contributed by atoms with Crippen LogP contribution in [0.5, 0.6) is 5.75 Å². The van der Waals surface area contributed by atoms with Crippen LogP contribution in [0.2, 0.25) is 0 Å². The van der Waals surface area contributed by atoms with Crippen LogP contribution < -0.4 is 10.1 Å². The van der Waals surface area contributed by atoms with E-state index in [0.29, 0.717) is 58.6 Å². The first-order valence-electron chi connectivity index (χ1n) is 16.5. The van der Waals surface area contributed by atoms with Gasteiger partial charge >= 0.3 is 0 Å². The van der Waals surface area contributed by atoms with Crippen molar-refractivity contribution in [1.29, 1.82) is 0 Å². The maximum atomic E-state index is 13.7. The van der Waals surface area contributed by atoms with Crippen LogP contribution in [-0.2, 0) is 27.5 Å². The summed E-state index contributed by atoms with van der Waals surface area (Å²) in [5, 5.41) is 2.91. The smallest absolute Gasteiger partial charge is 0.224 e. The second-order valence-corrected chi connectivity index (χ2v) is 12.2. The number of para-hydroxylation sites is 2. The number of benzene rings is 2. The predicted octanol–water partition coefficient (Wildman–Crippen LogP) is 4.19. The molecule has 0 unspecified atom stereocenters. The number of carbonyl (C=O) groups is 3. The Morgan fingerprint density at radius 1 is 0.957 bits per heavy atom. The molecule has 0 saturated carbocycles. The third-order valence-corrected chi connectivity index (χ3v) is 8.98. The Kier molecular flexibility index (Phi) is 9.95. The molecule has 0 spiro atoms. The number of rotatable bonds is 5. The first kappa shape index (κ1) is 31.3. The summed E-state index contributed by atoms with van der Waals surface area (Å²) in [6.07, 6.45) is 7.94. The van der Waals surface area contributed by atoms with E-state index in [0.717, 1.165) is 59.8 Å². The molecule has 3 amide bonds. The first-order chi connectivity index (χ1) is 22.4. The number of carbonyl (C=O) groups excluding carboxylic acids is 3. The van der Waals surface area contributed by atoms with E-state index in [1.165, 1.54) is 0 Å². The van der Waals surface area contributed by atoms with Crippen molar-refractivity contribution in [2.45, 2.75) is 71.0 Å². The Morgan fingerprint density at radius 2 is 1.76 bits per heavy atom. The van der Waals surface area contributed by atoms with Gasteiger partial charge < -0.3 is 29.0 Å². The van der Waals surface area contributed by atoms with Crippen molar-refractivity contribution in [3.05, 3.63) is 66.7 Å². The number of hydrogen-bond donors (Lipinski definition) is 1. The number of nitrogens with zero attached hydrogens (tertiary/aromatic N) is 6. The topological polar surface area (TPSA) is 115 Å². The zero-order valence-electron chi connectivity index (χ0n) is 26.6. The molecular weight excluding hydrogens is 582 g/mol. The van der Waals surface area contributed by atoms with Gasteiger partial charge in [0.1, 0.15) is 24.0 Å². The Balaban J connectivity index is 1.17. The molecule has 1 N–H and O–H groups in total. The molecule has 1 atom stereocenters. The number of nitrogens with one attached hydrogen (secondary N) is 1. The molecule has 4 heterocycles. The van der Waals surface area contributed by atoms with Gasteiger partial charge in [-0.2, -0.15) is 0 Å². The van der Waals surface area contributed by atoms with Crippen LogP contribution in [0, 0.1) is 6.92 Å². The molecule has 2 aromatic carbocycles. The third-order valence-electron chi connectivity index (χ3n) is 8.98. The van der Waals surface area contributed by atoms with Gasteiger partial charge in [0.2, 0.25) is 17.7 Å². The Bertz CT molecular complexity index is 1680. The highest BCUT2D eigenvalue weighted by molar-refractivity contribution is 5.82. The van der Waals surface area contributed by atoms with Crippen LogP contribution in [0.4, 0.5) is 0 Å². The molecule has 2 aliphatic heterocycles. The number of fused-ring (bicyclic) bond motifs is 5. The van der Waals surface area contributed by atoms with E-state index in [-0.39, 0.29) is 30.2 Å². The average Bonchev–Trinajstić information content (AvgIpc) is 3.77. The van der Waals surface area contributed by atoms with E-state index in [1.807, 2.05) is 71.5 Å². The van der Waals surface area contributed by atoms with Crippen molar-refractivity contribution in [2.75, 3.05) is 32.8 Å². The van der Waals surface area contributed by atoms with Crippen LogP contribution in [0.25, 0.3) is 22.4 Å². The van der Waals surface area contributed by atoms with E-state index >= 15 is 0 Å². The van der Waals surface area contributed by atoms with Crippen LogP contribution in [0.15, 0.2) is 60.9 Å². The van der Waals surface area contributed by atoms with Gasteiger partial charge in [0.25, 0.3) is 0 Å². The van der Waals surface area contributed by atoms with E-state index < -0.39 is 0 Å². The third kappa shape index (κ3) is 7.58. The largest absolute Gasteiger partial charge is 0.492 e. The van der Waals surface area contributed by atoms with E-state index in [9.17, 15) is 14.4 Å². The second kappa shape index (κ2) is 14.6. The van der Waals surface area contributed by atoms with E-state index in [4.69, 9.17) is 4.74 Å². The lowest BCUT2D eigenvalue weighted by atomic mass is 10.1. The molecule has 2 aromatic heterocycles. The molecule has 0 aliphatic carbocycles. The fourth-order valence-corrected chi connectivity index (χ4v) is 6.52. The van der Waals surface area contributed by atoms with Gasteiger partial charge in [-0.1, -0.05) is 24.3 Å². The molecule has 0 radical (unpaired) electrons. The minimum atomic E-state index is -0.116. The molecule has 6 rings (SSSR count). The van der Waals surface area contributed by atoms with Crippen molar-refractivity contribution in [2.24, 2.45) is 0 Å². The quantitative estimate of drug-likeness (QED) is 0.356. The predicted molar refractivity (Wildman–Crippen MR) is 175 cm³/mol. The van der Waals surface area contributed by atoms with Crippen LogP contribution >= 0.6 is 0 Å². The Morgan fingerprint density at radius 3 is 2.59 bits per heavy atom. The second-order valence-electron chi connectivity index (χ2n) is 12.2. The Hall–Kier alpha value is -4.67. The van der Waals surface area contributed by atoms with Crippen molar-refractivity contribution >= 4 is 28.8 Å². The maximum Gasteiger partial charge on any atom is 0.224 e. The number of amides is 3. The van der Waals surface area contributed by atoms with Crippen LogP contribution in [-0.4, -0.2) is 85.5 Å². The number of aryl methyl sites for hydroxylation is 3. The number of hydrogen-bond acceptors (Lipinski definition) is 6. The molecule has 4 aromatic rings. The molecular formula is C35H43N7O4. The SMILES string of the molecule is Cc1nc2ccccc2n1CCC(=O)N1CCCCN(C(=O)C[C@@H]2CCC(=O)N2)CCOc2cccc(c2)-c2nccn2CCC1. The summed E-state index contributed by atoms with van der Waals surface area (Å²) in [6.45, 7) is 5.91. The van der Waals surface area contributed by atoms with Gasteiger partial charge in [-0.05, 0) is 56.9 Å². The summed E-state index contributed by atoms with van der Waals surface area (Å²) in [5.74, 6) is 2.62. The molecule has 2 aliphatic rings. The van der Waals surface area contributed by atoms with Gasteiger partial charge in [0.15, 0.2) is 0 Å². The molecule has 2 bridgehead atoms. The number of ether oxygens (including phenoxy) is 1. The minimum absolute atomic E-state index is 0.00620. The van der Waals surface area contributed by atoms with Crippen molar-refractivity contribution < 1.29 is 19.1 Å². The number of aromatic nitrogens is 4. The van der Waals surface area contributed by atoms with E-state index in [1.54, 1.807) is 6.20 Å². The molecule has 46 heavy (non-hydrogen) atoms. The monoisotopic (exact) mass is 625 g/mol. The summed E-state index contributed by atoms with van der Waals surface area (Å²) in [4.78, 5) is 51.9. The zero-order valence-corrected chi connectivity index (χ0v) is 26.6. The average molecular weight is 626 g/mol. The van der Waals surface area contributed by atoms with Crippen molar-refractivity contribution in [1.82, 2.24) is 34.2 Å². The molecule has 242 valence electrons. The molecule has 11 heteroatoms. The van der Waals surface area contributed by atoms with Crippen LogP contribution in [0.3, 0.4) is 0 Å². The summed E-state index contributed by atoms with van der Waals surface area (Å²) < 4.78 is 10.4. The maximum absolute atomic E-state index is 13.7. The lowest BCUT2D eigenvalue weighted by Gasteiger charge is -2.26. The lowest BCUT2D eigenvalue weighted by Crippen LogP contribution is -2.40. The van der Waals surface area contributed by atoms with Gasteiger partial charge in [0, 0.05) is 76.0 Å². The fraction of sp³-hybridized carbons (Fsp3) is 0.457. The van der Waals surface area contributed by atoms with Crippen LogP contribution in [0.1, 0.15) is 50.8 Å². The summed E-state index contributed by atoms with van der Waals surface area (Å²) >= 11 is 0. The van der Waals surface area contributed by atoms with Gasteiger partial charge in [-0.3, -0.25) is 14.4 Å². The normalized spacial score (nSPS) is 18.1. The van der Waals surface area contributed by atoms with Gasteiger partial charge in [-0.25, -0.2) is 9.97 Å². The molecule has 11 nitrogen and oxygen atoms in total.